The Labute approximate surface area is 175 Å². The van der Waals surface area contributed by atoms with Crippen LogP contribution in [-0.4, -0.2) is 26.6 Å². The maximum Gasteiger partial charge on any atom is 0.197 e. The predicted octanol–water partition coefficient (Wildman–Crippen LogP) is 6.13. The molecule has 0 radical (unpaired) electrons. The lowest BCUT2D eigenvalue weighted by Gasteiger charge is -2.22. The molecule has 1 atom stereocenters. The summed E-state index contributed by atoms with van der Waals surface area (Å²) in [4.78, 5) is 0. The second-order valence-electron chi connectivity index (χ2n) is 7.65. The summed E-state index contributed by atoms with van der Waals surface area (Å²) in [5.74, 6) is 3.03. The molecular formula is C25H34O4. The lowest BCUT2D eigenvalue weighted by atomic mass is 9.84. The van der Waals surface area contributed by atoms with E-state index in [1.165, 1.54) is 43.2 Å². The van der Waals surface area contributed by atoms with Gasteiger partial charge >= 0.3 is 0 Å². The molecule has 1 aliphatic rings. The van der Waals surface area contributed by atoms with Gasteiger partial charge in [0.05, 0.1) is 13.7 Å². The van der Waals surface area contributed by atoms with Crippen LogP contribution < -0.4 is 14.2 Å². The fourth-order valence-corrected chi connectivity index (χ4v) is 3.89. The van der Waals surface area contributed by atoms with Crippen LogP contribution >= 0.6 is 0 Å². The van der Waals surface area contributed by atoms with E-state index in [2.05, 4.69) is 31.2 Å². The molecule has 29 heavy (non-hydrogen) atoms. The van der Waals surface area contributed by atoms with E-state index in [1.54, 1.807) is 7.11 Å². The van der Waals surface area contributed by atoms with Crippen LogP contribution in [0.5, 0.6) is 17.2 Å². The predicted molar refractivity (Wildman–Crippen MR) is 116 cm³/mol. The largest absolute Gasteiger partial charge is 0.493 e. The molecular weight excluding hydrogens is 364 g/mol. The van der Waals surface area contributed by atoms with Crippen molar-refractivity contribution in [2.24, 2.45) is 0 Å². The molecule has 0 aliphatic heterocycles. The Kier molecular flexibility index (Phi) is 8.24. The minimum absolute atomic E-state index is 0.381. The molecule has 2 aromatic carbocycles. The Balaban J connectivity index is 1.40. The van der Waals surface area contributed by atoms with E-state index in [1.807, 2.05) is 25.1 Å². The molecule has 0 amide bonds. The smallest absolute Gasteiger partial charge is 0.197 e. The molecule has 0 aromatic heterocycles. The molecule has 2 aromatic rings. The first-order valence-electron chi connectivity index (χ1n) is 10.9. The first-order chi connectivity index (χ1) is 14.2. The molecule has 0 spiro atoms. The summed E-state index contributed by atoms with van der Waals surface area (Å²) in [7, 11) is 1.65. The summed E-state index contributed by atoms with van der Waals surface area (Å²) in [6.45, 7) is 4.94. The van der Waals surface area contributed by atoms with Gasteiger partial charge in [-0.15, -0.1) is 0 Å². The van der Waals surface area contributed by atoms with Crippen LogP contribution in [0.2, 0.25) is 0 Å². The van der Waals surface area contributed by atoms with Crippen LogP contribution in [0.15, 0.2) is 42.5 Å². The topological polar surface area (TPSA) is 36.9 Å². The van der Waals surface area contributed by atoms with E-state index in [0.29, 0.717) is 19.0 Å². The van der Waals surface area contributed by atoms with Gasteiger partial charge in [-0.3, -0.25) is 0 Å². The maximum absolute atomic E-state index is 5.87. The molecule has 4 nitrogen and oxygen atoms in total. The van der Waals surface area contributed by atoms with Gasteiger partial charge in [-0.2, -0.15) is 0 Å². The van der Waals surface area contributed by atoms with Crippen molar-refractivity contribution >= 4 is 0 Å². The van der Waals surface area contributed by atoms with Gasteiger partial charge in [0.25, 0.3) is 0 Å². The number of methoxy groups -OCH3 is 1. The average Bonchev–Trinajstić information content (AvgIpc) is 2.78. The monoisotopic (exact) mass is 398 g/mol. The normalized spacial score (nSPS) is 15.7. The zero-order valence-corrected chi connectivity index (χ0v) is 18.0. The fraction of sp³-hybridized carbons (Fsp3) is 0.520. The minimum atomic E-state index is -0.381. The quantitative estimate of drug-likeness (QED) is 0.356. The van der Waals surface area contributed by atoms with E-state index in [-0.39, 0.29) is 6.29 Å². The zero-order chi connectivity index (χ0) is 20.5. The van der Waals surface area contributed by atoms with Crippen molar-refractivity contribution in [1.82, 2.24) is 0 Å². The zero-order valence-electron chi connectivity index (χ0n) is 18.0. The number of aryl methyl sites for hydroxylation is 1. The second kappa shape index (κ2) is 11.1. The molecule has 1 aliphatic carbocycles. The van der Waals surface area contributed by atoms with Crippen LogP contribution in [0.3, 0.4) is 0 Å². The maximum atomic E-state index is 5.87. The van der Waals surface area contributed by atoms with Gasteiger partial charge in [0, 0.05) is 0 Å². The molecule has 0 N–H and O–H groups in total. The summed E-state index contributed by atoms with van der Waals surface area (Å²) in [5, 5.41) is 0. The van der Waals surface area contributed by atoms with E-state index in [4.69, 9.17) is 18.9 Å². The summed E-state index contributed by atoms with van der Waals surface area (Å²) >= 11 is 0. The third-order valence-corrected chi connectivity index (χ3v) is 5.59. The molecule has 1 saturated carbocycles. The summed E-state index contributed by atoms with van der Waals surface area (Å²) < 4.78 is 22.8. The van der Waals surface area contributed by atoms with Crippen LogP contribution in [0.1, 0.15) is 63.0 Å². The molecule has 0 saturated heterocycles. The summed E-state index contributed by atoms with van der Waals surface area (Å²) in [6, 6.07) is 14.6. The number of ether oxygens (including phenoxy) is 4. The van der Waals surface area contributed by atoms with Crippen molar-refractivity contribution in [3.63, 3.8) is 0 Å². The SMILES string of the molecule is CCc1ccc(OC(C)OCCOc2ccc(C3CCCCC3)cc2)c(OC)c1. The van der Waals surface area contributed by atoms with Crippen molar-refractivity contribution in [3.05, 3.63) is 53.6 Å². The average molecular weight is 399 g/mol. The van der Waals surface area contributed by atoms with E-state index in [0.717, 1.165) is 23.8 Å². The molecule has 0 bridgehead atoms. The van der Waals surface area contributed by atoms with Crippen LogP contribution in [0.25, 0.3) is 0 Å². The lowest BCUT2D eigenvalue weighted by molar-refractivity contribution is -0.0748. The molecule has 0 heterocycles. The standard InChI is InChI=1S/C25H34O4/c1-4-20-10-15-24(25(18-20)26-3)29-19(2)27-16-17-28-23-13-11-22(12-14-23)21-8-6-5-7-9-21/h10-15,18-19,21H,4-9,16-17H2,1-3H3. The summed E-state index contributed by atoms with van der Waals surface area (Å²) in [5.41, 5.74) is 2.66. The van der Waals surface area contributed by atoms with E-state index in [9.17, 15) is 0 Å². The van der Waals surface area contributed by atoms with Gasteiger partial charge in [0.1, 0.15) is 12.4 Å². The first-order valence-corrected chi connectivity index (χ1v) is 10.9. The van der Waals surface area contributed by atoms with Gasteiger partial charge in [-0.25, -0.2) is 0 Å². The van der Waals surface area contributed by atoms with Crippen molar-refractivity contribution in [1.29, 1.82) is 0 Å². The van der Waals surface area contributed by atoms with Crippen LogP contribution in [-0.2, 0) is 11.2 Å². The second-order valence-corrected chi connectivity index (χ2v) is 7.65. The highest BCUT2D eigenvalue weighted by Gasteiger charge is 2.15. The number of benzene rings is 2. The van der Waals surface area contributed by atoms with Crippen molar-refractivity contribution < 1.29 is 18.9 Å². The van der Waals surface area contributed by atoms with Crippen LogP contribution in [0, 0.1) is 0 Å². The minimum Gasteiger partial charge on any atom is -0.493 e. The summed E-state index contributed by atoms with van der Waals surface area (Å²) in [6.07, 6.45) is 7.31. The Morgan fingerprint density at radius 3 is 2.38 bits per heavy atom. The molecule has 158 valence electrons. The molecule has 1 fully saturated rings. The molecule has 1 unspecified atom stereocenters. The third kappa shape index (κ3) is 6.40. The number of rotatable bonds is 10. The van der Waals surface area contributed by atoms with E-state index >= 15 is 0 Å². The lowest BCUT2D eigenvalue weighted by Crippen LogP contribution is -2.20. The number of hydrogen-bond donors (Lipinski definition) is 0. The van der Waals surface area contributed by atoms with Gasteiger partial charge in [-0.05, 0) is 67.5 Å². The van der Waals surface area contributed by atoms with E-state index < -0.39 is 0 Å². The fourth-order valence-electron chi connectivity index (χ4n) is 3.89. The van der Waals surface area contributed by atoms with Gasteiger partial charge in [0.15, 0.2) is 17.8 Å². The highest BCUT2D eigenvalue weighted by molar-refractivity contribution is 5.43. The Hall–Kier alpha value is -2.20. The first kappa shape index (κ1) is 21.5. The third-order valence-electron chi connectivity index (χ3n) is 5.59. The number of hydrogen-bond acceptors (Lipinski definition) is 4. The van der Waals surface area contributed by atoms with Crippen molar-refractivity contribution in [2.45, 2.75) is 64.6 Å². The highest BCUT2D eigenvalue weighted by atomic mass is 16.7. The highest BCUT2D eigenvalue weighted by Crippen LogP contribution is 2.33. The molecule has 4 heteroatoms. The Morgan fingerprint density at radius 1 is 0.931 bits per heavy atom. The van der Waals surface area contributed by atoms with Crippen molar-refractivity contribution in [2.75, 3.05) is 20.3 Å². The van der Waals surface area contributed by atoms with Gasteiger partial charge < -0.3 is 18.9 Å². The Morgan fingerprint density at radius 2 is 1.69 bits per heavy atom. The van der Waals surface area contributed by atoms with Gasteiger partial charge in [0.2, 0.25) is 0 Å². The van der Waals surface area contributed by atoms with Gasteiger partial charge in [-0.1, -0.05) is 44.4 Å². The van der Waals surface area contributed by atoms with Crippen molar-refractivity contribution in [3.8, 4) is 17.2 Å². The van der Waals surface area contributed by atoms with Crippen LogP contribution in [0.4, 0.5) is 0 Å². The Bertz CT molecular complexity index is 735. The molecule has 3 rings (SSSR count).